The van der Waals surface area contributed by atoms with Crippen LogP contribution >= 0.6 is 0 Å². The quantitative estimate of drug-likeness (QED) is 0.0754. The summed E-state index contributed by atoms with van der Waals surface area (Å²) >= 11 is 0. The van der Waals surface area contributed by atoms with Crippen molar-refractivity contribution in [2.75, 3.05) is 19.8 Å². The second-order valence-electron chi connectivity index (χ2n) is 22.4. The number of esters is 3. The summed E-state index contributed by atoms with van der Waals surface area (Å²) in [6.45, 7) is 25.8. The third-order valence-corrected chi connectivity index (χ3v) is 18.2. The first-order chi connectivity index (χ1) is 31.4. The minimum atomic E-state index is -1.97. The Morgan fingerprint density at radius 1 is 0.687 bits per heavy atom. The van der Waals surface area contributed by atoms with Crippen LogP contribution in [0.3, 0.4) is 0 Å². The van der Waals surface area contributed by atoms with E-state index >= 15 is 4.79 Å². The van der Waals surface area contributed by atoms with Gasteiger partial charge in [-0.05, 0) is 110 Å². The van der Waals surface area contributed by atoms with Crippen molar-refractivity contribution >= 4 is 23.7 Å². The van der Waals surface area contributed by atoms with Gasteiger partial charge in [0, 0.05) is 5.92 Å². The summed E-state index contributed by atoms with van der Waals surface area (Å²) in [6, 6.07) is 0. The van der Waals surface area contributed by atoms with E-state index in [0.29, 0.717) is 19.3 Å². The zero-order valence-electron chi connectivity index (χ0n) is 40.2. The van der Waals surface area contributed by atoms with Gasteiger partial charge in [-0.2, -0.15) is 0 Å². The van der Waals surface area contributed by atoms with E-state index in [0.717, 1.165) is 38.5 Å². The van der Waals surface area contributed by atoms with Crippen molar-refractivity contribution in [2.45, 2.75) is 174 Å². The smallest absolute Gasteiger partial charge is 0.338 e. The number of rotatable bonds is 13. The zero-order valence-corrected chi connectivity index (χ0v) is 40.2. The molecule has 2 saturated heterocycles. The van der Waals surface area contributed by atoms with Crippen LogP contribution in [0.2, 0.25) is 0 Å². The molecule has 16 heteroatoms. The summed E-state index contributed by atoms with van der Waals surface area (Å²) in [7, 11) is 0. The highest BCUT2D eigenvalue weighted by Gasteiger charge is 2.71. The summed E-state index contributed by atoms with van der Waals surface area (Å²) in [6.07, 6.45) is -6.40. The maximum absolute atomic E-state index is 15.1. The van der Waals surface area contributed by atoms with Crippen molar-refractivity contribution in [1.82, 2.24) is 0 Å². The number of carbonyl (C=O) groups excluding carboxylic acids is 4. The molecule has 7 rings (SSSR count). The van der Waals surface area contributed by atoms with E-state index in [9.17, 15) is 39.9 Å². The molecule has 0 radical (unpaired) electrons. The zero-order chi connectivity index (χ0) is 49.2. The van der Waals surface area contributed by atoms with Crippen LogP contribution in [-0.2, 0) is 52.3 Å². The fraction of sp³-hybridized carbons (Fsp3) is 0.765. The molecule has 7 aliphatic rings. The van der Waals surface area contributed by atoms with Gasteiger partial charge in [-0.15, -0.1) is 0 Å². The van der Waals surface area contributed by atoms with E-state index in [2.05, 4.69) is 61.3 Å². The van der Waals surface area contributed by atoms with Crippen LogP contribution in [0.4, 0.5) is 0 Å². The summed E-state index contributed by atoms with van der Waals surface area (Å²) < 4.78 is 40.5. The van der Waals surface area contributed by atoms with Crippen molar-refractivity contribution < 1.29 is 77.9 Å². The van der Waals surface area contributed by atoms with E-state index in [1.54, 1.807) is 6.08 Å². The summed E-state index contributed by atoms with van der Waals surface area (Å²) in [5, 5.41) is 55.4. The van der Waals surface area contributed by atoms with Crippen LogP contribution in [0.15, 0.2) is 49.6 Å². The number of aliphatic hydroxyl groups excluding tert-OH is 5. The number of aliphatic hydroxyl groups is 5. The summed E-state index contributed by atoms with van der Waals surface area (Å²) in [5.74, 6) is -2.57. The molecule has 0 aromatic heterocycles. The van der Waals surface area contributed by atoms with Crippen molar-refractivity contribution in [3.8, 4) is 0 Å². The monoisotopic (exact) mass is 942 g/mol. The third kappa shape index (κ3) is 8.51. The molecule has 374 valence electrons. The molecule has 0 unspecified atom stereocenters. The first kappa shape index (κ1) is 51.5. The third-order valence-electron chi connectivity index (χ3n) is 18.2. The first-order valence-corrected chi connectivity index (χ1v) is 24.0. The van der Waals surface area contributed by atoms with Crippen LogP contribution < -0.4 is 0 Å². The topological polar surface area (TPSA) is 234 Å². The van der Waals surface area contributed by atoms with E-state index < -0.39 is 101 Å². The number of hydrogen-bond acceptors (Lipinski definition) is 16. The van der Waals surface area contributed by atoms with Gasteiger partial charge in [-0.1, -0.05) is 85.1 Å². The van der Waals surface area contributed by atoms with Crippen LogP contribution in [0.5, 0.6) is 0 Å². The van der Waals surface area contributed by atoms with Crippen LogP contribution in [0.25, 0.3) is 0 Å². The molecule has 67 heavy (non-hydrogen) atoms. The fourth-order valence-electron chi connectivity index (χ4n) is 14.1. The Hall–Kier alpha value is -3.32. The van der Waals surface area contributed by atoms with Crippen molar-refractivity contribution in [3.05, 3.63) is 49.6 Å². The molecular weight excluding hydrogens is 869 g/mol. The molecule has 4 saturated carbocycles. The molecule has 0 bridgehead atoms. The molecule has 16 nitrogen and oxygen atoms in total. The van der Waals surface area contributed by atoms with Gasteiger partial charge in [0.05, 0.1) is 11.5 Å². The Balaban J connectivity index is 1.17. The van der Waals surface area contributed by atoms with E-state index in [1.165, 1.54) is 17.7 Å². The molecule has 5 aliphatic carbocycles. The number of hydrogen-bond donors (Lipinski definition) is 5. The molecule has 0 aromatic rings. The largest absolute Gasteiger partial charge is 0.461 e. The van der Waals surface area contributed by atoms with Gasteiger partial charge in [-0.25, -0.2) is 9.59 Å². The van der Waals surface area contributed by atoms with Crippen molar-refractivity contribution in [3.63, 3.8) is 0 Å². The van der Waals surface area contributed by atoms with Crippen LogP contribution in [-0.4, -0.2) is 137 Å². The van der Waals surface area contributed by atoms with Crippen molar-refractivity contribution in [1.29, 1.82) is 0 Å². The molecule has 0 spiro atoms. The van der Waals surface area contributed by atoms with E-state index in [4.69, 9.17) is 33.2 Å². The maximum Gasteiger partial charge on any atom is 0.338 e. The van der Waals surface area contributed by atoms with Crippen LogP contribution in [0, 0.1) is 50.2 Å². The Kier molecular flexibility index (Phi) is 14.4. The molecule has 0 aromatic carbocycles. The van der Waals surface area contributed by atoms with E-state index in [-0.39, 0.29) is 60.2 Å². The highest BCUT2D eigenvalue weighted by atomic mass is 16.8. The minimum Gasteiger partial charge on any atom is -0.461 e. The number of allylic oxidation sites excluding steroid dienone is 2. The average molecular weight is 943 g/mol. The Labute approximate surface area is 394 Å². The maximum atomic E-state index is 15.1. The number of carbonyl (C=O) groups is 4. The predicted molar refractivity (Wildman–Crippen MR) is 240 cm³/mol. The molecule has 6 fully saturated rings. The lowest BCUT2D eigenvalue weighted by molar-refractivity contribution is -0.371. The second kappa shape index (κ2) is 18.8. The fourth-order valence-corrected chi connectivity index (χ4v) is 14.1. The molecule has 5 N–H and O–H groups in total. The van der Waals surface area contributed by atoms with Crippen molar-refractivity contribution in [2.24, 2.45) is 50.2 Å². The Bertz CT molecular complexity index is 1980. The van der Waals surface area contributed by atoms with E-state index in [1.807, 2.05) is 13.0 Å². The highest BCUT2D eigenvalue weighted by molar-refractivity contribution is 5.95. The lowest BCUT2D eigenvalue weighted by atomic mass is 9.33. The Morgan fingerprint density at radius 2 is 1.25 bits per heavy atom. The van der Waals surface area contributed by atoms with Crippen LogP contribution in [0.1, 0.15) is 106 Å². The second-order valence-corrected chi connectivity index (χ2v) is 22.4. The minimum absolute atomic E-state index is 0.0388. The van der Waals surface area contributed by atoms with Gasteiger partial charge in [-0.3, -0.25) is 9.59 Å². The van der Waals surface area contributed by atoms with Gasteiger partial charge in [0.2, 0.25) is 0 Å². The standard InChI is InChI=1S/C51H74O16/c1-11-22-61-41(58)37-33(54)32(53)36(57)43(65-37)67-39-35(56)34(55)38(42(59)62-23-12-2)66-44(39)64-31-15-16-49(8)30(46(31,4)5)14-17-51(10)40(49)29(52)25-27-28-26-48(7,45(60)63-24-13-3)19-18-47(28,6)20-21-50(27,51)9/h11-13,25,28,30-40,43-44,53-57H,1-3,14-24,26H2,4-10H3/t28-,30+,31+,32+,33+,34+,35-,36-,37+,38+,39-,40+,43+,44+,47+,48-,49-,50-,51+/m0/s1. The SMILES string of the molecule is C=CCOC(=O)[C@@H]1O[C@H](O[C@@H]2[C@H](O[C@@H]3CC[C@@]4(C)[C@H](CC[C@]5(C)[C@@H]4C(=O)C=C4[C@@H]6C[C@@](C)(C(=O)OCC=C)CC[C@]6(C)CC[C@@]45C)C3(C)C)O[C@@H](C(=O)OCC=C)[C@H](O)[C@@H]2O)[C@@H](O)[C@H](O)[C@H]1O. The average Bonchev–Trinajstić information content (AvgIpc) is 3.28. The normalized spacial score (nSPS) is 46.7. The van der Waals surface area contributed by atoms with Gasteiger partial charge < -0.3 is 58.7 Å². The lowest BCUT2D eigenvalue weighted by Gasteiger charge is -2.70. The molecule has 2 aliphatic heterocycles. The molecule has 2 heterocycles. The van der Waals surface area contributed by atoms with Gasteiger partial charge >= 0.3 is 17.9 Å². The van der Waals surface area contributed by atoms with Gasteiger partial charge in [0.15, 0.2) is 30.6 Å². The molecular formula is C51H74O16. The molecule has 0 amide bonds. The summed E-state index contributed by atoms with van der Waals surface area (Å²) in [4.78, 5) is 54.7. The summed E-state index contributed by atoms with van der Waals surface area (Å²) in [5.41, 5.74) is -1.44. The Morgan fingerprint density at radius 3 is 1.87 bits per heavy atom. The number of ether oxygens (including phenoxy) is 7. The molecule has 19 atom stereocenters. The lowest BCUT2D eigenvalue weighted by Crippen LogP contribution is -2.68. The predicted octanol–water partition coefficient (Wildman–Crippen LogP) is 4.18. The van der Waals surface area contributed by atoms with Gasteiger partial charge in [0.1, 0.15) is 56.4 Å². The number of fused-ring (bicyclic) bond motifs is 7. The highest BCUT2D eigenvalue weighted by Crippen LogP contribution is 2.75. The number of ketones is 1. The van der Waals surface area contributed by atoms with Gasteiger partial charge in [0.25, 0.3) is 0 Å². The first-order valence-electron chi connectivity index (χ1n) is 24.0.